The van der Waals surface area contributed by atoms with Crippen molar-refractivity contribution < 1.29 is 29.1 Å². The third-order valence-corrected chi connectivity index (χ3v) is 3.06. The summed E-state index contributed by atoms with van der Waals surface area (Å²) in [5, 5.41) is 12.6. The van der Waals surface area contributed by atoms with E-state index in [1.165, 1.54) is 14.0 Å². The van der Waals surface area contributed by atoms with Gasteiger partial charge in [-0.15, -0.1) is 0 Å². The molecule has 1 aliphatic heterocycles. The second-order valence-corrected chi connectivity index (χ2v) is 4.80. The van der Waals surface area contributed by atoms with Crippen LogP contribution in [0.4, 0.5) is 0 Å². The van der Waals surface area contributed by atoms with Gasteiger partial charge in [0, 0.05) is 13.5 Å². The Labute approximate surface area is 128 Å². The molecule has 0 saturated carbocycles. The molecule has 1 rings (SSSR count). The first-order valence-electron chi connectivity index (χ1n) is 6.81. The van der Waals surface area contributed by atoms with Crippen LogP contribution in [0.25, 0.3) is 0 Å². The van der Waals surface area contributed by atoms with Gasteiger partial charge in [-0.05, 0) is 12.5 Å². The number of rotatable bonds is 6. The van der Waals surface area contributed by atoms with Crippen LogP contribution in [0.3, 0.4) is 0 Å². The molecule has 1 heterocycles. The van der Waals surface area contributed by atoms with Crippen LogP contribution in [0.15, 0.2) is 11.8 Å². The maximum Gasteiger partial charge on any atom is 0.370 e. The van der Waals surface area contributed by atoms with E-state index in [0.717, 1.165) is 11.1 Å². The Balaban J connectivity index is 3.08. The van der Waals surface area contributed by atoms with Crippen molar-refractivity contribution in [2.75, 3.05) is 13.7 Å². The first-order chi connectivity index (χ1) is 10.3. The predicted molar refractivity (Wildman–Crippen MR) is 75.2 cm³/mol. The molecule has 0 spiro atoms. The van der Waals surface area contributed by atoms with Crippen molar-refractivity contribution in [3.05, 3.63) is 11.8 Å². The zero-order valence-corrected chi connectivity index (χ0v) is 12.7. The summed E-state index contributed by atoms with van der Waals surface area (Å²) in [5.74, 6) is -2.78. The topological polar surface area (TPSA) is 131 Å². The van der Waals surface area contributed by atoms with Gasteiger partial charge in [0.2, 0.25) is 17.8 Å². The van der Waals surface area contributed by atoms with Crippen molar-refractivity contribution in [3.8, 4) is 0 Å². The van der Waals surface area contributed by atoms with Crippen molar-refractivity contribution in [2.24, 2.45) is 5.73 Å². The number of nitrogens with zero attached hydrogens (tertiary/aromatic N) is 1. The second kappa shape index (κ2) is 7.76. The number of hydrogen-bond donors (Lipinski definition) is 3. The number of hydroxylamine groups is 2. The normalized spacial score (nSPS) is 24.0. The van der Waals surface area contributed by atoms with Gasteiger partial charge in [-0.3, -0.25) is 14.4 Å². The fourth-order valence-corrected chi connectivity index (χ4v) is 2.10. The van der Waals surface area contributed by atoms with Gasteiger partial charge in [-0.25, -0.2) is 9.86 Å². The maximum absolute atomic E-state index is 12.5. The number of carboxylic acids is 1. The van der Waals surface area contributed by atoms with Gasteiger partial charge < -0.3 is 20.9 Å². The molecule has 3 atom stereocenters. The van der Waals surface area contributed by atoms with Crippen molar-refractivity contribution >= 4 is 17.8 Å². The summed E-state index contributed by atoms with van der Waals surface area (Å²) in [6.45, 7) is 3.41. The second-order valence-electron chi connectivity index (χ2n) is 4.80. The summed E-state index contributed by atoms with van der Waals surface area (Å²) in [7, 11) is 1.32. The Hall–Kier alpha value is -2.13. The minimum absolute atomic E-state index is 0.295. The van der Waals surface area contributed by atoms with Gasteiger partial charge in [0.15, 0.2) is 0 Å². The SMILES string of the molecule is CCCN(OC)C(=O)[C@@H]1OC(C(=O)O)=C[C@H](N)[C@H]1NC(C)=O. The molecular formula is C13H21N3O6. The standard InChI is InChI=1S/C13H21N3O6/c1-4-5-16(21-3)12(18)11-10(15-7(2)17)8(14)6-9(22-11)13(19)20/h6,8,10-11H,4-5,14H2,1-3H3,(H,15,17)(H,19,20)/t8-,10+,11+/m0/s1. The summed E-state index contributed by atoms with van der Waals surface area (Å²) < 4.78 is 5.22. The van der Waals surface area contributed by atoms with E-state index in [1.807, 2.05) is 6.92 Å². The van der Waals surface area contributed by atoms with Gasteiger partial charge >= 0.3 is 5.97 Å². The fourth-order valence-electron chi connectivity index (χ4n) is 2.10. The van der Waals surface area contributed by atoms with Crippen LogP contribution in [-0.2, 0) is 24.0 Å². The van der Waals surface area contributed by atoms with Crippen molar-refractivity contribution in [1.29, 1.82) is 0 Å². The van der Waals surface area contributed by atoms with Crippen molar-refractivity contribution in [3.63, 3.8) is 0 Å². The summed E-state index contributed by atoms with van der Waals surface area (Å²) in [4.78, 5) is 39.8. The average molecular weight is 315 g/mol. The lowest BCUT2D eigenvalue weighted by atomic mass is 9.98. The highest BCUT2D eigenvalue weighted by molar-refractivity contribution is 5.88. The summed E-state index contributed by atoms with van der Waals surface area (Å²) in [5.41, 5.74) is 5.85. The van der Waals surface area contributed by atoms with Gasteiger partial charge in [-0.2, -0.15) is 0 Å². The Bertz CT molecular complexity index is 478. The monoisotopic (exact) mass is 315 g/mol. The molecule has 0 aromatic carbocycles. The van der Waals surface area contributed by atoms with Crippen molar-refractivity contribution in [1.82, 2.24) is 10.4 Å². The largest absolute Gasteiger partial charge is 0.475 e. The number of nitrogens with two attached hydrogens (primary N) is 1. The molecule has 0 radical (unpaired) electrons. The molecule has 9 heteroatoms. The molecule has 22 heavy (non-hydrogen) atoms. The number of carbonyl (C=O) groups is 3. The summed E-state index contributed by atoms with van der Waals surface area (Å²) in [6.07, 6.45) is 0.510. The van der Waals surface area contributed by atoms with Crippen LogP contribution in [-0.4, -0.2) is 59.8 Å². The lowest BCUT2D eigenvalue weighted by Crippen LogP contribution is -2.61. The maximum atomic E-state index is 12.5. The highest BCUT2D eigenvalue weighted by atomic mass is 16.7. The molecule has 0 unspecified atom stereocenters. The number of ether oxygens (including phenoxy) is 1. The molecular weight excluding hydrogens is 294 g/mol. The number of carboxylic acid groups (broad SMARTS) is 1. The van der Waals surface area contributed by atoms with Gasteiger partial charge in [-0.1, -0.05) is 6.92 Å². The molecule has 124 valence electrons. The quantitative estimate of drug-likeness (QED) is 0.535. The van der Waals surface area contributed by atoms with E-state index in [4.69, 9.17) is 20.4 Å². The van der Waals surface area contributed by atoms with Crippen LogP contribution in [0.1, 0.15) is 20.3 Å². The van der Waals surface area contributed by atoms with Crippen LogP contribution >= 0.6 is 0 Å². The van der Waals surface area contributed by atoms with Gasteiger partial charge in [0.05, 0.1) is 19.2 Å². The van der Waals surface area contributed by atoms with Crippen LogP contribution < -0.4 is 11.1 Å². The van der Waals surface area contributed by atoms with E-state index in [1.54, 1.807) is 0 Å². The van der Waals surface area contributed by atoms with Gasteiger partial charge in [0.25, 0.3) is 5.91 Å². The molecule has 0 bridgehead atoms. The van der Waals surface area contributed by atoms with E-state index < -0.39 is 41.7 Å². The zero-order chi connectivity index (χ0) is 16.9. The first kappa shape index (κ1) is 17.9. The first-order valence-corrected chi connectivity index (χ1v) is 6.81. The number of carbonyl (C=O) groups excluding carboxylic acids is 2. The van der Waals surface area contributed by atoms with E-state index >= 15 is 0 Å². The lowest BCUT2D eigenvalue weighted by molar-refractivity contribution is -0.189. The average Bonchev–Trinajstić information content (AvgIpc) is 2.45. The van der Waals surface area contributed by atoms with Gasteiger partial charge in [0.1, 0.15) is 0 Å². The lowest BCUT2D eigenvalue weighted by Gasteiger charge is -2.36. The van der Waals surface area contributed by atoms with Crippen LogP contribution in [0.5, 0.6) is 0 Å². The molecule has 0 saturated heterocycles. The Morgan fingerprint density at radius 2 is 2.14 bits per heavy atom. The smallest absolute Gasteiger partial charge is 0.370 e. The van der Waals surface area contributed by atoms with Crippen LogP contribution in [0, 0.1) is 0 Å². The number of nitrogens with one attached hydrogen (secondary N) is 1. The minimum Gasteiger partial charge on any atom is -0.475 e. The molecule has 1 aliphatic rings. The Morgan fingerprint density at radius 1 is 1.50 bits per heavy atom. The zero-order valence-electron chi connectivity index (χ0n) is 12.7. The number of aliphatic carboxylic acids is 1. The predicted octanol–water partition coefficient (Wildman–Crippen LogP) is -1.01. The molecule has 4 N–H and O–H groups in total. The number of hydrogen-bond acceptors (Lipinski definition) is 6. The van der Waals surface area contributed by atoms with Crippen LogP contribution in [0.2, 0.25) is 0 Å². The Kier molecular flexibility index (Phi) is 6.32. The Morgan fingerprint density at radius 3 is 2.59 bits per heavy atom. The van der Waals surface area contributed by atoms with Crippen molar-refractivity contribution in [2.45, 2.75) is 38.5 Å². The highest BCUT2D eigenvalue weighted by Gasteiger charge is 2.42. The van der Waals surface area contributed by atoms with E-state index in [-0.39, 0.29) is 0 Å². The van der Waals surface area contributed by atoms with E-state index in [2.05, 4.69) is 5.32 Å². The third kappa shape index (κ3) is 4.18. The molecule has 0 aliphatic carbocycles. The van der Waals surface area contributed by atoms with E-state index in [9.17, 15) is 14.4 Å². The highest BCUT2D eigenvalue weighted by Crippen LogP contribution is 2.20. The third-order valence-electron chi connectivity index (χ3n) is 3.06. The fraction of sp³-hybridized carbons (Fsp3) is 0.615. The van der Waals surface area contributed by atoms with E-state index in [0.29, 0.717) is 13.0 Å². The minimum atomic E-state index is -1.34. The molecule has 2 amide bonds. The molecule has 0 aromatic rings. The molecule has 0 fully saturated rings. The molecule has 0 aromatic heterocycles. The number of amides is 2. The summed E-state index contributed by atoms with van der Waals surface area (Å²) >= 11 is 0. The summed E-state index contributed by atoms with van der Waals surface area (Å²) in [6, 6.07) is -1.76. The molecule has 9 nitrogen and oxygen atoms in total.